The zero-order valence-corrected chi connectivity index (χ0v) is 20.0. The van der Waals surface area contributed by atoms with Crippen molar-refractivity contribution in [3.05, 3.63) is 93.5 Å². The molecule has 4 aromatic rings. The Morgan fingerprint density at radius 3 is 2.28 bits per heavy atom. The summed E-state index contributed by atoms with van der Waals surface area (Å²) in [5.41, 5.74) is 1.13. The number of carbonyl (C=O) groups excluding carboxylic acids is 1. The molecule has 0 saturated carbocycles. The van der Waals surface area contributed by atoms with Gasteiger partial charge in [0.25, 0.3) is 5.91 Å². The molecular weight excluding hydrogens is 493 g/mol. The van der Waals surface area contributed by atoms with Crippen molar-refractivity contribution in [3.8, 4) is 10.6 Å². The van der Waals surface area contributed by atoms with Gasteiger partial charge in [0.2, 0.25) is 0 Å². The molecule has 0 unspecified atom stereocenters. The maximum absolute atomic E-state index is 13.4. The van der Waals surface area contributed by atoms with Gasteiger partial charge in [0, 0.05) is 4.88 Å². The normalized spacial score (nSPS) is 12.4. The van der Waals surface area contributed by atoms with E-state index in [1.807, 2.05) is 19.1 Å². The molecule has 2 N–H and O–H groups in total. The number of aromatic carboxylic acids is 1. The average Bonchev–Trinajstić information content (AvgIpc) is 3.44. The summed E-state index contributed by atoms with van der Waals surface area (Å²) in [5.74, 6) is -1.52. The number of nitrogens with zero attached hydrogens (tertiary/aromatic N) is 3. The van der Waals surface area contributed by atoms with Gasteiger partial charge >= 0.3 is 12.1 Å². The van der Waals surface area contributed by atoms with Gasteiger partial charge in [-0.1, -0.05) is 29.5 Å². The summed E-state index contributed by atoms with van der Waals surface area (Å²) >= 11 is 1.44. The number of nitrogens with one attached hydrogen (secondary N) is 1. The molecule has 0 aliphatic carbocycles. The summed E-state index contributed by atoms with van der Waals surface area (Å²) < 4.78 is 40.1. The second-order valence-electron chi connectivity index (χ2n) is 8.17. The Bertz CT molecular complexity index is 1390. The smallest absolute Gasteiger partial charge is 0.416 e. The molecule has 1 atom stereocenters. The number of aromatic nitrogens is 3. The van der Waals surface area contributed by atoms with Crippen LogP contribution in [-0.2, 0) is 12.7 Å². The lowest BCUT2D eigenvalue weighted by molar-refractivity contribution is -0.137. The maximum atomic E-state index is 13.4. The number of rotatable bonds is 7. The summed E-state index contributed by atoms with van der Waals surface area (Å²) in [6.45, 7) is 3.72. The van der Waals surface area contributed by atoms with Crippen molar-refractivity contribution in [1.82, 2.24) is 20.3 Å². The van der Waals surface area contributed by atoms with Crippen LogP contribution in [0.4, 0.5) is 13.2 Å². The number of amides is 1. The predicted octanol–water partition coefficient (Wildman–Crippen LogP) is 5.57. The van der Waals surface area contributed by atoms with E-state index in [0.717, 1.165) is 21.9 Å². The van der Waals surface area contributed by atoms with E-state index in [0.29, 0.717) is 16.8 Å². The molecule has 4 rings (SSSR count). The van der Waals surface area contributed by atoms with Crippen LogP contribution in [0, 0.1) is 6.92 Å². The molecule has 186 valence electrons. The molecule has 0 bridgehead atoms. The molecule has 2 heterocycles. The summed E-state index contributed by atoms with van der Waals surface area (Å²) in [5, 5.41) is 20.3. The van der Waals surface area contributed by atoms with Gasteiger partial charge in [0.05, 0.1) is 28.6 Å². The molecule has 0 spiro atoms. The first-order valence-electron chi connectivity index (χ1n) is 10.8. The highest BCUT2D eigenvalue weighted by Crippen LogP contribution is 2.31. The van der Waals surface area contributed by atoms with Crippen LogP contribution < -0.4 is 5.32 Å². The maximum Gasteiger partial charge on any atom is 0.416 e. The number of halogens is 3. The number of carboxylic acids is 1. The Morgan fingerprint density at radius 2 is 1.72 bits per heavy atom. The van der Waals surface area contributed by atoms with Gasteiger partial charge in [0.1, 0.15) is 5.69 Å². The number of carbonyl (C=O) groups is 2. The van der Waals surface area contributed by atoms with E-state index in [-0.39, 0.29) is 17.8 Å². The first kappa shape index (κ1) is 25.1. The quantitative estimate of drug-likeness (QED) is 0.336. The molecule has 0 aliphatic rings. The van der Waals surface area contributed by atoms with Crippen molar-refractivity contribution in [2.75, 3.05) is 0 Å². The average molecular weight is 515 g/mol. The number of thiophene rings is 1. The van der Waals surface area contributed by atoms with E-state index < -0.39 is 29.7 Å². The molecule has 36 heavy (non-hydrogen) atoms. The highest BCUT2D eigenvalue weighted by atomic mass is 32.1. The number of hydrogen-bond acceptors (Lipinski definition) is 5. The van der Waals surface area contributed by atoms with E-state index in [2.05, 4.69) is 15.6 Å². The number of alkyl halides is 3. The van der Waals surface area contributed by atoms with Crippen molar-refractivity contribution in [3.63, 3.8) is 0 Å². The topological polar surface area (TPSA) is 97.1 Å². The SMILES string of the molecule is Cc1ccc(-c2nnn(Cc3ccc(C(F)(F)F)cc3)c2C(=O)N[C@@H](C)c2ccc(C(=O)O)cc2)s1. The van der Waals surface area contributed by atoms with Crippen molar-refractivity contribution < 1.29 is 27.9 Å². The Balaban J connectivity index is 1.63. The van der Waals surface area contributed by atoms with Gasteiger partial charge in [-0.05, 0) is 61.4 Å². The summed E-state index contributed by atoms with van der Waals surface area (Å²) in [4.78, 5) is 26.3. The van der Waals surface area contributed by atoms with Gasteiger partial charge in [-0.25, -0.2) is 9.48 Å². The zero-order chi connectivity index (χ0) is 26.0. The van der Waals surface area contributed by atoms with E-state index in [4.69, 9.17) is 5.11 Å². The largest absolute Gasteiger partial charge is 0.478 e. The zero-order valence-electron chi connectivity index (χ0n) is 19.2. The first-order valence-corrected chi connectivity index (χ1v) is 11.6. The van der Waals surface area contributed by atoms with Gasteiger partial charge in [0.15, 0.2) is 5.69 Å². The fourth-order valence-corrected chi connectivity index (χ4v) is 4.46. The van der Waals surface area contributed by atoms with E-state index in [1.54, 1.807) is 19.1 Å². The number of aryl methyl sites for hydroxylation is 1. The Labute approximate surface area is 208 Å². The highest BCUT2D eigenvalue weighted by molar-refractivity contribution is 7.15. The van der Waals surface area contributed by atoms with E-state index in [1.165, 1.54) is 40.3 Å². The Kier molecular flexibility index (Phi) is 6.93. The van der Waals surface area contributed by atoms with Crippen LogP contribution in [0.15, 0.2) is 60.7 Å². The third-order valence-electron chi connectivity index (χ3n) is 5.54. The minimum absolute atomic E-state index is 0.0416. The van der Waals surface area contributed by atoms with Crippen LogP contribution >= 0.6 is 11.3 Å². The molecule has 0 saturated heterocycles. The monoisotopic (exact) mass is 514 g/mol. The van der Waals surface area contributed by atoms with Crippen molar-refractivity contribution in [2.24, 2.45) is 0 Å². The molecule has 0 fully saturated rings. The summed E-state index contributed by atoms with van der Waals surface area (Å²) in [7, 11) is 0. The first-order chi connectivity index (χ1) is 17.0. The lowest BCUT2D eigenvalue weighted by Gasteiger charge is -2.16. The van der Waals surface area contributed by atoms with Crippen molar-refractivity contribution in [1.29, 1.82) is 0 Å². The summed E-state index contributed by atoms with van der Waals surface area (Å²) in [6.07, 6.45) is -4.44. The second-order valence-corrected chi connectivity index (χ2v) is 9.46. The Hall–Kier alpha value is -3.99. The van der Waals surface area contributed by atoms with E-state index >= 15 is 0 Å². The van der Waals surface area contributed by atoms with Crippen LogP contribution in [0.2, 0.25) is 0 Å². The molecule has 11 heteroatoms. The molecule has 2 aromatic carbocycles. The minimum Gasteiger partial charge on any atom is -0.478 e. The molecule has 0 aliphatic heterocycles. The highest BCUT2D eigenvalue weighted by Gasteiger charge is 2.30. The third kappa shape index (κ3) is 5.46. The van der Waals surface area contributed by atoms with Gasteiger partial charge in [-0.15, -0.1) is 16.4 Å². The van der Waals surface area contributed by atoms with Gasteiger partial charge < -0.3 is 10.4 Å². The lowest BCUT2D eigenvalue weighted by atomic mass is 10.1. The molecule has 1 amide bonds. The van der Waals surface area contributed by atoms with Crippen LogP contribution in [-0.4, -0.2) is 32.0 Å². The Morgan fingerprint density at radius 1 is 1.06 bits per heavy atom. The summed E-state index contributed by atoms with van der Waals surface area (Å²) in [6, 6.07) is 14.1. The molecular formula is C25H21F3N4O3S. The van der Waals surface area contributed by atoms with Crippen LogP contribution in [0.1, 0.15) is 55.4 Å². The second kappa shape index (κ2) is 9.94. The molecule has 7 nitrogen and oxygen atoms in total. The van der Waals surface area contributed by atoms with Crippen LogP contribution in [0.5, 0.6) is 0 Å². The number of benzene rings is 2. The molecule has 2 aromatic heterocycles. The third-order valence-corrected chi connectivity index (χ3v) is 6.55. The lowest BCUT2D eigenvalue weighted by Crippen LogP contribution is -2.29. The standard InChI is InChI=1S/C25H21F3N4O3S/c1-14-3-12-20(36-14)21-22(23(33)29-15(2)17-6-8-18(9-7-17)24(34)35)32(31-30-21)13-16-4-10-19(11-5-16)25(26,27)28/h3-12,15H,13H2,1-2H3,(H,29,33)(H,34,35)/t15-/m0/s1. The van der Waals surface area contributed by atoms with Crippen LogP contribution in [0.3, 0.4) is 0 Å². The number of carboxylic acid groups (broad SMARTS) is 1. The fourth-order valence-electron chi connectivity index (χ4n) is 3.61. The molecule has 0 radical (unpaired) electrons. The van der Waals surface area contributed by atoms with Crippen LogP contribution in [0.25, 0.3) is 10.6 Å². The van der Waals surface area contributed by atoms with E-state index in [9.17, 15) is 22.8 Å². The number of hydrogen-bond donors (Lipinski definition) is 2. The van der Waals surface area contributed by atoms with Gasteiger partial charge in [-0.3, -0.25) is 4.79 Å². The van der Waals surface area contributed by atoms with Crippen molar-refractivity contribution >= 4 is 23.2 Å². The fraction of sp³-hybridized carbons (Fsp3) is 0.200. The predicted molar refractivity (Wildman–Crippen MR) is 128 cm³/mol. The minimum atomic E-state index is -4.44. The van der Waals surface area contributed by atoms with Crippen molar-refractivity contribution in [2.45, 2.75) is 32.6 Å². The van der Waals surface area contributed by atoms with Gasteiger partial charge in [-0.2, -0.15) is 13.2 Å².